The molecule has 2 N–H and O–H groups in total. The Kier molecular flexibility index (Phi) is 10.7. The van der Waals surface area contributed by atoms with Gasteiger partial charge in [-0.15, -0.1) is 0 Å². The zero-order valence-electron chi connectivity index (χ0n) is 19.3. The summed E-state index contributed by atoms with van der Waals surface area (Å²) in [4.78, 5) is 30.9. The van der Waals surface area contributed by atoms with E-state index in [1.165, 1.54) is 25.5 Å². The molecule has 1 atom stereocenters. The predicted molar refractivity (Wildman–Crippen MR) is 127 cm³/mol. The van der Waals surface area contributed by atoms with Gasteiger partial charge >= 0.3 is 5.69 Å². The number of aromatic nitrogens is 2. The van der Waals surface area contributed by atoms with E-state index in [0.29, 0.717) is 43.5 Å². The fourth-order valence-electron chi connectivity index (χ4n) is 3.31. The maximum absolute atomic E-state index is 12.3. The number of H-pyrrole nitrogens is 1. The van der Waals surface area contributed by atoms with Gasteiger partial charge in [-0.3, -0.25) is 14.8 Å². The number of aromatic amines is 1. The highest BCUT2D eigenvalue weighted by atomic mass is 16.5. The molecule has 176 valence electrons. The third kappa shape index (κ3) is 7.37. The van der Waals surface area contributed by atoms with Crippen LogP contribution in [0.25, 0.3) is 5.69 Å². The van der Waals surface area contributed by atoms with Crippen molar-refractivity contribution in [3.05, 3.63) is 50.7 Å². The highest BCUT2D eigenvalue weighted by Crippen LogP contribution is 2.19. The maximum atomic E-state index is 12.3. The van der Waals surface area contributed by atoms with E-state index in [1.807, 2.05) is 6.92 Å². The molecule has 0 fully saturated rings. The summed E-state index contributed by atoms with van der Waals surface area (Å²) in [6, 6.07) is 6.64. The molecule has 8 heteroatoms. The summed E-state index contributed by atoms with van der Waals surface area (Å²) in [6.45, 7) is 8.57. The van der Waals surface area contributed by atoms with E-state index < -0.39 is 17.1 Å². The molecule has 0 aliphatic rings. The molecule has 0 aliphatic heterocycles. The molecule has 0 unspecified atom stereocenters. The Morgan fingerprint density at radius 2 is 1.91 bits per heavy atom. The minimum Gasteiger partial charge on any atom is -0.494 e. The average molecular weight is 446 g/mol. The molecule has 0 saturated carbocycles. The number of hydrogen-bond acceptors (Lipinski definition) is 6. The molecular weight excluding hydrogens is 410 g/mol. The van der Waals surface area contributed by atoms with Crippen molar-refractivity contribution in [2.45, 2.75) is 52.9 Å². The monoisotopic (exact) mass is 445 g/mol. The molecule has 8 nitrogen and oxygen atoms in total. The lowest BCUT2D eigenvalue weighted by Gasteiger charge is -2.14. The Labute approximate surface area is 188 Å². The Morgan fingerprint density at radius 1 is 1.16 bits per heavy atom. The molecule has 0 amide bonds. The number of unbranched alkanes of at least 4 members (excludes halogenated alkanes) is 1. The average Bonchev–Trinajstić information content (AvgIpc) is 2.78. The Bertz CT molecular complexity index is 963. The van der Waals surface area contributed by atoms with E-state index in [0.717, 1.165) is 17.6 Å². The lowest BCUT2D eigenvalue weighted by Crippen LogP contribution is -2.31. The lowest BCUT2D eigenvalue weighted by molar-refractivity contribution is 0.0933. The summed E-state index contributed by atoms with van der Waals surface area (Å²) in [5, 5.41) is 10.6. The number of aromatic hydroxyl groups is 1. The molecule has 0 bridgehead atoms. The molecule has 0 spiro atoms. The normalized spacial score (nSPS) is 12.3. The van der Waals surface area contributed by atoms with Gasteiger partial charge in [0.2, 0.25) is 5.88 Å². The topological polar surface area (TPSA) is 106 Å². The van der Waals surface area contributed by atoms with E-state index in [-0.39, 0.29) is 5.56 Å². The van der Waals surface area contributed by atoms with Gasteiger partial charge in [0.1, 0.15) is 11.3 Å². The van der Waals surface area contributed by atoms with E-state index in [9.17, 15) is 14.7 Å². The molecule has 1 aromatic heterocycles. The number of nitrogens with one attached hydrogen (secondary N) is 1. The van der Waals surface area contributed by atoms with Crippen LogP contribution in [0.1, 0.15) is 58.4 Å². The second kappa shape index (κ2) is 13.5. The van der Waals surface area contributed by atoms with Crippen LogP contribution >= 0.6 is 0 Å². The van der Waals surface area contributed by atoms with E-state index in [4.69, 9.17) is 9.47 Å². The smallest absolute Gasteiger partial charge is 0.335 e. The fourth-order valence-corrected chi connectivity index (χ4v) is 3.31. The first-order valence-corrected chi connectivity index (χ1v) is 11.4. The van der Waals surface area contributed by atoms with E-state index in [1.54, 1.807) is 24.3 Å². The molecule has 0 saturated heterocycles. The molecule has 32 heavy (non-hydrogen) atoms. The largest absolute Gasteiger partial charge is 0.494 e. The van der Waals surface area contributed by atoms with Crippen molar-refractivity contribution in [3.63, 3.8) is 0 Å². The zero-order chi connectivity index (χ0) is 23.3. The first kappa shape index (κ1) is 25.4. The van der Waals surface area contributed by atoms with Crippen molar-refractivity contribution < 1.29 is 14.6 Å². The van der Waals surface area contributed by atoms with Crippen LogP contribution in [-0.4, -0.2) is 47.2 Å². The highest BCUT2D eigenvalue weighted by molar-refractivity contribution is 5.82. The second-order valence-corrected chi connectivity index (χ2v) is 7.64. The zero-order valence-corrected chi connectivity index (χ0v) is 19.3. The predicted octanol–water partition coefficient (Wildman–Crippen LogP) is 3.67. The van der Waals surface area contributed by atoms with Crippen LogP contribution < -0.4 is 16.0 Å². The Morgan fingerprint density at radius 3 is 2.56 bits per heavy atom. The molecule has 1 aromatic carbocycles. The fraction of sp³-hybridized carbons (Fsp3) is 0.542. The number of nitrogens with zero attached hydrogens (tertiary/aromatic N) is 2. The van der Waals surface area contributed by atoms with Crippen molar-refractivity contribution in [3.8, 4) is 17.3 Å². The van der Waals surface area contributed by atoms with Crippen LogP contribution in [0, 0.1) is 5.92 Å². The van der Waals surface area contributed by atoms with Crippen LogP contribution in [0.5, 0.6) is 11.6 Å². The Hall–Kier alpha value is -2.87. The van der Waals surface area contributed by atoms with Gasteiger partial charge in [0.25, 0.3) is 5.56 Å². The minimum absolute atomic E-state index is 0.0648. The maximum Gasteiger partial charge on any atom is 0.335 e. The third-order valence-corrected chi connectivity index (χ3v) is 5.22. The SMILES string of the molecule is CCCC[C@H](CC)COCCCN=Cc1c(O)n(-c2ccc(OCC)cc2)c(=O)[nH]c1=O. The van der Waals surface area contributed by atoms with Crippen molar-refractivity contribution in [1.29, 1.82) is 0 Å². The van der Waals surface area contributed by atoms with Crippen molar-refractivity contribution in [1.82, 2.24) is 9.55 Å². The molecular formula is C24H35N3O5. The van der Waals surface area contributed by atoms with E-state index >= 15 is 0 Å². The first-order valence-electron chi connectivity index (χ1n) is 11.4. The van der Waals surface area contributed by atoms with Crippen LogP contribution in [-0.2, 0) is 4.74 Å². The minimum atomic E-state index is -0.726. The van der Waals surface area contributed by atoms with Gasteiger partial charge < -0.3 is 14.6 Å². The summed E-state index contributed by atoms with van der Waals surface area (Å²) < 4.78 is 12.2. The number of aliphatic imine (C=N–C) groups is 1. The van der Waals surface area contributed by atoms with Crippen LogP contribution in [0.3, 0.4) is 0 Å². The number of benzene rings is 1. The standard InChI is InChI=1S/C24H35N3O5/c1-4-7-9-18(5-2)17-31-15-8-14-25-16-21-22(28)26-24(30)27(23(21)29)19-10-12-20(13-11-19)32-6-3/h10-13,16,18,29H,4-9,14-15,17H2,1-3H3,(H,26,28,30)/t18-/m0/s1. The van der Waals surface area contributed by atoms with Crippen LogP contribution in [0.2, 0.25) is 0 Å². The van der Waals surface area contributed by atoms with Gasteiger partial charge in [-0.05, 0) is 49.9 Å². The van der Waals surface area contributed by atoms with Crippen molar-refractivity contribution >= 4 is 6.21 Å². The highest BCUT2D eigenvalue weighted by Gasteiger charge is 2.14. The molecule has 1 heterocycles. The Balaban J connectivity index is 1.98. The lowest BCUT2D eigenvalue weighted by atomic mass is 10.0. The summed E-state index contributed by atoms with van der Waals surface area (Å²) in [5.74, 6) is 0.787. The molecule has 2 aromatic rings. The first-order chi connectivity index (χ1) is 15.5. The third-order valence-electron chi connectivity index (χ3n) is 5.22. The van der Waals surface area contributed by atoms with Gasteiger partial charge in [-0.25, -0.2) is 9.36 Å². The molecule has 2 rings (SSSR count). The summed E-state index contributed by atoms with van der Waals surface area (Å²) in [7, 11) is 0. The molecule has 0 aliphatic carbocycles. The van der Waals surface area contributed by atoms with Gasteiger partial charge in [0.15, 0.2) is 0 Å². The summed E-state index contributed by atoms with van der Waals surface area (Å²) in [6.07, 6.45) is 6.74. The van der Waals surface area contributed by atoms with E-state index in [2.05, 4.69) is 23.8 Å². The van der Waals surface area contributed by atoms with Crippen LogP contribution in [0.4, 0.5) is 0 Å². The summed E-state index contributed by atoms with van der Waals surface area (Å²) in [5.41, 5.74) is -1.07. The quantitative estimate of drug-likeness (QED) is 0.341. The van der Waals surface area contributed by atoms with Crippen LogP contribution in [0.15, 0.2) is 38.8 Å². The number of rotatable bonds is 14. The summed E-state index contributed by atoms with van der Waals surface area (Å²) >= 11 is 0. The van der Waals surface area contributed by atoms with Gasteiger partial charge in [-0.1, -0.05) is 33.1 Å². The van der Waals surface area contributed by atoms with Crippen molar-refractivity contribution in [2.24, 2.45) is 10.9 Å². The number of ether oxygens (including phenoxy) is 2. The van der Waals surface area contributed by atoms with Gasteiger partial charge in [-0.2, -0.15) is 0 Å². The number of hydrogen-bond donors (Lipinski definition) is 2. The van der Waals surface area contributed by atoms with Crippen molar-refractivity contribution in [2.75, 3.05) is 26.4 Å². The molecule has 0 radical (unpaired) electrons. The second-order valence-electron chi connectivity index (χ2n) is 7.64. The van der Waals surface area contributed by atoms with Gasteiger partial charge in [0.05, 0.1) is 12.3 Å². The van der Waals surface area contributed by atoms with Gasteiger partial charge in [0, 0.05) is 26.0 Å².